The normalized spacial score (nSPS) is 17.0. The van der Waals surface area contributed by atoms with E-state index in [0.29, 0.717) is 12.3 Å². The van der Waals surface area contributed by atoms with E-state index in [1.54, 1.807) is 6.08 Å². The van der Waals surface area contributed by atoms with Crippen LogP contribution in [0, 0.1) is 5.92 Å². The van der Waals surface area contributed by atoms with Crippen LogP contribution >= 0.6 is 0 Å². The molecule has 0 aromatic heterocycles. The minimum atomic E-state index is -0.506. The summed E-state index contributed by atoms with van der Waals surface area (Å²) >= 11 is 0. The summed E-state index contributed by atoms with van der Waals surface area (Å²) in [4.78, 5) is 11.3. The smallest absolute Gasteiger partial charge is 0.155 e. The van der Waals surface area contributed by atoms with Crippen molar-refractivity contribution in [1.29, 1.82) is 0 Å². The zero-order valence-corrected chi connectivity index (χ0v) is 14.6. The molecule has 2 heteroatoms. The molecule has 0 saturated heterocycles. The van der Waals surface area contributed by atoms with E-state index in [1.807, 2.05) is 27.7 Å². The number of allylic oxidation sites excluding steroid dienone is 4. The highest BCUT2D eigenvalue weighted by molar-refractivity contribution is 5.90. The van der Waals surface area contributed by atoms with Crippen molar-refractivity contribution in [2.24, 2.45) is 5.92 Å². The average Bonchev–Trinajstić information content (AvgIpc) is 2.45. The van der Waals surface area contributed by atoms with Crippen LogP contribution in [0.2, 0.25) is 0 Å². The van der Waals surface area contributed by atoms with E-state index in [4.69, 9.17) is 0 Å². The third-order valence-corrected chi connectivity index (χ3v) is 4.25. The molecule has 0 aliphatic rings. The van der Waals surface area contributed by atoms with Gasteiger partial charge in [0.25, 0.3) is 0 Å². The van der Waals surface area contributed by atoms with Crippen molar-refractivity contribution in [1.82, 2.24) is 0 Å². The van der Waals surface area contributed by atoms with Gasteiger partial charge in [-0.2, -0.15) is 0 Å². The molecule has 2 atom stereocenters. The van der Waals surface area contributed by atoms with Gasteiger partial charge in [-0.3, -0.25) is 4.79 Å². The van der Waals surface area contributed by atoms with Crippen LogP contribution < -0.4 is 0 Å². The summed E-state index contributed by atoms with van der Waals surface area (Å²) in [7, 11) is 0. The van der Waals surface area contributed by atoms with Crippen molar-refractivity contribution in [3.8, 4) is 0 Å². The number of hydrogen-bond donors (Lipinski definition) is 1. The minimum absolute atomic E-state index is 0.186. The molecule has 21 heavy (non-hydrogen) atoms. The Bertz CT molecular complexity index is 351. The molecule has 0 heterocycles. The molecule has 0 aliphatic carbocycles. The Hall–Kier alpha value is -0.890. The number of hydrogen-bond acceptors (Lipinski definition) is 2. The van der Waals surface area contributed by atoms with Gasteiger partial charge in [-0.1, -0.05) is 52.2 Å². The quantitative estimate of drug-likeness (QED) is 0.419. The lowest BCUT2D eigenvalue weighted by Crippen LogP contribution is -2.22. The van der Waals surface area contributed by atoms with Gasteiger partial charge in [-0.15, -0.1) is 0 Å². The molecule has 0 fully saturated rings. The van der Waals surface area contributed by atoms with Crippen molar-refractivity contribution in [3.63, 3.8) is 0 Å². The van der Waals surface area contributed by atoms with Gasteiger partial charge >= 0.3 is 0 Å². The molecule has 0 aliphatic heterocycles. The lowest BCUT2D eigenvalue weighted by molar-refractivity contribution is -0.114. The predicted molar refractivity (Wildman–Crippen MR) is 91.4 cm³/mol. The Morgan fingerprint density at radius 1 is 1.29 bits per heavy atom. The second-order valence-corrected chi connectivity index (χ2v) is 6.36. The van der Waals surface area contributed by atoms with E-state index in [0.717, 1.165) is 44.1 Å². The first-order valence-corrected chi connectivity index (χ1v) is 8.44. The van der Waals surface area contributed by atoms with Crippen LogP contribution in [-0.2, 0) is 4.79 Å². The first kappa shape index (κ1) is 20.1. The third-order valence-electron chi connectivity index (χ3n) is 4.25. The van der Waals surface area contributed by atoms with Crippen LogP contribution in [0.4, 0.5) is 0 Å². The molecule has 0 amide bonds. The van der Waals surface area contributed by atoms with Gasteiger partial charge in [0.1, 0.15) is 0 Å². The van der Waals surface area contributed by atoms with Gasteiger partial charge < -0.3 is 5.11 Å². The van der Waals surface area contributed by atoms with Gasteiger partial charge in [0.05, 0.1) is 5.60 Å². The third kappa shape index (κ3) is 10.5. The van der Waals surface area contributed by atoms with Crippen molar-refractivity contribution in [2.75, 3.05) is 0 Å². The number of carbonyl (C=O) groups is 1. The maximum atomic E-state index is 11.3. The van der Waals surface area contributed by atoms with Crippen LogP contribution in [0.15, 0.2) is 23.8 Å². The van der Waals surface area contributed by atoms with Crippen LogP contribution in [0.25, 0.3) is 0 Å². The second kappa shape index (κ2) is 10.8. The van der Waals surface area contributed by atoms with E-state index >= 15 is 0 Å². The summed E-state index contributed by atoms with van der Waals surface area (Å²) in [6, 6.07) is 0. The number of carbonyl (C=O) groups excluding carboxylic acids is 1. The first-order chi connectivity index (χ1) is 9.84. The molecule has 0 rings (SSSR count). The molecule has 2 nitrogen and oxygen atoms in total. The molecule has 122 valence electrons. The van der Waals surface area contributed by atoms with Gasteiger partial charge in [0.15, 0.2) is 5.78 Å². The average molecular weight is 294 g/mol. The minimum Gasteiger partial charge on any atom is -0.390 e. The number of rotatable bonds is 11. The molecular weight excluding hydrogens is 260 g/mol. The molecule has 0 spiro atoms. The van der Waals surface area contributed by atoms with Crippen LogP contribution in [0.1, 0.15) is 79.6 Å². The van der Waals surface area contributed by atoms with Gasteiger partial charge in [-0.05, 0) is 50.7 Å². The maximum Gasteiger partial charge on any atom is 0.155 e. The molecule has 0 aromatic rings. The van der Waals surface area contributed by atoms with E-state index in [9.17, 15) is 9.90 Å². The lowest BCUT2D eigenvalue weighted by atomic mass is 9.90. The van der Waals surface area contributed by atoms with Gasteiger partial charge in [0, 0.05) is 6.42 Å². The SMILES string of the molecule is CCC(=O)/C=C(C)/C=C/CC(CC)CCCC(C)(O)CC. The van der Waals surface area contributed by atoms with Gasteiger partial charge in [0.2, 0.25) is 0 Å². The summed E-state index contributed by atoms with van der Waals surface area (Å²) in [6.45, 7) is 10.0. The molecule has 1 N–H and O–H groups in total. The molecule has 2 unspecified atom stereocenters. The van der Waals surface area contributed by atoms with Crippen molar-refractivity contribution in [3.05, 3.63) is 23.8 Å². The molecular formula is C19H34O2. The lowest BCUT2D eigenvalue weighted by Gasteiger charge is -2.22. The summed E-state index contributed by atoms with van der Waals surface area (Å²) in [5.41, 5.74) is 0.527. The molecule has 0 radical (unpaired) electrons. The summed E-state index contributed by atoms with van der Waals surface area (Å²) in [5, 5.41) is 10.0. The summed E-state index contributed by atoms with van der Waals surface area (Å²) in [6.07, 6.45) is 12.7. The standard InChI is InChI=1S/C19H34O2/c1-6-17(13-10-14-19(5,21)8-3)12-9-11-16(4)15-18(20)7-2/h9,11,15,17,21H,6-8,10,12-14H2,1-5H3/b11-9+,16-15+. The Balaban J connectivity index is 4.16. The second-order valence-electron chi connectivity index (χ2n) is 6.36. The Labute approximate surface area is 131 Å². The van der Waals surface area contributed by atoms with E-state index in [1.165, 1.54) is 0 Å². The number of ketones is 1. The Morgan fingerprint density at radius 3 is 2.48 bits per heavy atom. The topological polar surface area (TPSA) is 37.3 Å². The highest BCUT2D eigenvalue weighted by Crippen LogP contribution is 2.22. The fraction of sp³-hybridized carbons (Fsp3) is 0.737. The first-order valence-electron chi connectivity index (χ1n) is 8.44. The zero-order valence-electron chi connectivity index (χ0n) is 14.6. The molecule has 0 bridgehead atoms. The Morgan fingerprint density at radius 2 is 1.95 bits per heavy atom. The van der Waals surface area contributed by atoms with Crippen molar-refractivity contribution < 1.29 is 9.90 Å². The van der Waals surface area contributed by atoms with Gasteiger partial charge in [-0.25, -0.2) is 0 Å². The van der Waals surface area contributed by atoms with Crippen molar-refractivity contribution in [2.45, 2.75) is 85.2 Å². The van der Waals surface area contributed by atoms with E-state index in [-0.39, 0.29) is 5.78 Å². The van der Waals surface area contributed by atoms with Crippen LogP contribution in [-0.4, -0.2) is 16.5 Å². The van der Waals surface area contributed by atoms with Crippen LogP contribution in [0.3, 0.4) is 0 Å². The highest BCUT2D eigenvalue weighted by atomic mass is 16.3. The van der Waals surface area contributed by atoms with E-state index in [2.05, 4.69) is 19.1 Å². The fourth-order valence-electron chi connectivity index (χ4n) is 2.29. The number of aliphatic hydroxyl groups is 1. The van der Waals surface area contributed by atoms with Crippen LogP contribution in [0.5, 0.6) is 0 Å². The predicted octanol–water partition coefficient (Wildman–Crippen LogP) is 5.22. The fourth-order valence-corrected chi connectivity index (χ4v) is 2.29. The van der Waals surface area contributed by atoms with Crippen molar-refractivity contribution >= 4 is 5.78 Å². The largest absolute Gasteiger partial charge is 0.390 e. The van der Waals surface area contributed by atoms with E-state index < -0.39 is 5.60 Å². The Kier molecular flexibility index (Phi) is 10.3. The zero-order chi connectivity index (χ0) is 16.3. The summed E-state index contributed by atoms with van der Waals surface area (Å²) < 4.78 is 0. The monoisotopic (exact) mass is 294 g/mol. The molecule has 0 aromatic carbocycles. The maximum absolute atomic E-state index is 11.3. The highest BCUT2D eigenvalue weighted by Gasteiger charge is 2.17. The molecule has 0 saturated carbocycles. The summed E-state index contributed by atoms with van der Waals surface area (Å²) in [5.74, 6) is 0.856.